The van der Waals surface area contributed by atoms with Crippen molar-refractivity contribution in [3.8, 4) is 0 Å². The molecule has 0 unspecified atom stereocenters. The Morgan fingerprint density at radius 2 is 2.10 bits per heavy atom. The molecule has 0 amide bonds. The van der Waals surface area contributed by atoms with Crippen LogP contribution in [0.4, 0.5) is 0 Å². The summed E-state index contributed by atoms with van der Waals surface area (Å²) in [6.45, 7) is 0.210. The van der Waals surface area contributed by atoms with Gasteiger partial charge in [0, 0.05) is 36.9 Å². The quantitative estimate of drug-likeness (QED) is 0.859. The zero-order valence-corrected chi connectivity index (χ0v) is 13.5. The highest BCUT2D eigenvalue weighted by Gasteiger charge is 2.20. The van der Waals surface area contributed by atoms with E-state index in [9.17, 15) is 8.42 Å². The average molecular weight is 349 g/mol. The second-order valence-electron chi connectivity index (χ2n) is 4.43. The Labute approximate surface area is 132 Å². The number of hydrogen-bond acceptors (Lipinski definition) is 4. The maximum atomic E-state index is 12.3. The zero-order chi connectivity index (χ0) is 15.6. The van der Waals surface area contributed by atoms with Crippen LogP contribution < -0.4 is 10.5 Å². The van der Waals surface area contributed by atoms with Gasteiger partial charge in [0.05, 0.1) is 11.2 Å². The molecule has 1 aromatic heterocycles. The van der Waals surface area contributed by atoms with Crippen molar-refractivity contribution in [1.82, 2.24) is 14.5 Å². The molecule has 0 aliphatic carbocycles. The fourth-order valence-corrected chi connectivity index (χ4v) is 3.74. The maximum absolute atomic E-state index is 12.3. The Morgan fingerprint density at radius 3 is 2.67 bits per heavy atom. The molecule has 0 fully saturated rings. The van der Waals surface area contributed by atoms with Crippen molar-refractivity contribution < 1.29 is 8.42 Å². The van der Waals surface area contributed by atoms with Crippen LogP contribution in [0.5, 0.6) is 0 Å². The molecule has 114 valence electrons. The van der Waals surface area contributed by atoms with Gasteiger partial charge in [0.15, 0.2) is 0 Å². The summed E-state index contributed by atoms with van der Waals surface area (Å²) in [5.41, 5.74) is 6.74. The average Bonchev–Trinajstić information content (AvgIpc) is 2.84. The molecular formula is C12H14Cl2N4O2S. The third-order valence-corrected chi connectivity index (χ3v) is 5.02. The standard InChI is InChI=1S/C12H14Cl2N4O2S/c1-18-7-8(5-16-18)6-17-21(19,20)11-3-10(13)2-9(4-15)12(11)14/h2-3,5,7,17H,4,6,15H2,1H3. The van der Waals surface area contributed by atoms with Crippen LogP contribution in [0, 0.1) is 0 Å². The van der Waals surface area contributed by atoms with E-state index in [-0.39, 0.29) is 28.0 Å². The Kier molecular flexibility index (Phi) is 4.90. The van der Waals surface area contributed by atoms with Crippen molar-refractivity contribution in [1.29, 1.82) is 0 Å². The summed E-state index contributed by atoms with van der Waals surface area (Å²) in [6, 6.07) is 2.85. The van der Waals surface area contributed by atoms with Crippen LogP contribution in [0.1, 0.15) is 11.1 Å². The van der Waals surface area contributed by atoms with E-state index in [0.717, 1.165) is 5.56 Å². The fraction of sp³-hybridized carbons (Fsp3) is 0.250. The SMILES string of the molecule is Cn1cc(CNS(=O)(=O)c2cc(Cl)cc(CN)c2Cl)cn1. The highest BCUT2D eigenvalue weighted by atomic mass is 35.5. The minimum atomic E-state index is -3.79. The van der Waals surface area contributed by atoms with Crippen molar-refractivity contribution in [2.75, 3.05) is 0 Å². The van der Waals surface area contributed by atoms with E-state index in [4.69, 9.17) is 28.9 Å². The molecule has 0 radical (unpaired) electrons. The first-order chi connectivity index (χ1) is 9.83. The van der Waals surface area contributed by atoms with E-state index in [1.807, 2.05) is 0 Å². The lowest BCUT2D eigenvalue weighted by atomic mass is 10.2. The molecule has 0 saturated heterocycles. The molecule has 0 spiro atoms. The van der Waals surface area contributed by atoms with Gasteiger partial charge in [0.25, 0.3) is 0 Å². The molecule has 0 saturated carbocycles. The molecule has 2 aromatic rings. The minimum absolute atomic E-state index is 0.0824. The molecule has 1 aromatic carbocycles. The molecule has 0 aliphatic heterocycles. The fourth-order valence-electron chi connectivity index (χ4n) is 1.78. The van der Waals surface area contributed by atoms with Crippen molar-refractivity contribution >= 4 is 33.2 Å². The van der Waals surface area contributed by atoms with Gasteiger partial charge in [-0.3, -0.25) is 4.68 Å². The highest BCUT2D eigenvalue weighted by Crippen LogP contribution is 2.29. The lowest BCUT2D eigenvalue weighted by Gasteiger charge is -2.11. The lowest BCUT2D eigenvalue weighted by molar-refractivity contribution is 0.581. The number of nitrogens with one attached hydrogen (secondary N) is 1. The first-order valence-electron chi connectivity index (χ1n) is 5.98. The predicted octanol–water partition coefficient (Wildman–Crippen LogP) is 1.66. The van der Waals surface area contributed by atoms with Gasteiger partial charge in [-0.2, -0.15) is 5.10 Å². The molecule has 0 atom stereocenters. The third kappa shape index (κ3) is 3.75. The first-order valence-corrected chi connectivity index (χ1v) is 8.22. The van der Waals surface area contributed by atoms with Crippen molar-refractivity contribution in [2.24, 2.45) is 12.8 Å². The van der Waals surface area contributed by atoms with Crippen LogP contribution in [0.2, 0.25) is 10.0 Å². The first kappa shape index (κ1) is 16.3. The van der Waals surface area contributed by atoms with Crippen LogP contribution in [-0.2, 0) is 30.2 Å². The predicted molar refractivity (Wildman–Crippen MR) is 81.6 cm³/mol. The smallest absolute Gasteiger partial charge is 0.242 e. The summed E-state index contributed by atoms with van der Waals surface area (Å²) in [7, 11) is -2.04. The third-order valence-electron chi connectivity index (χ3n) is 2.81. The lowest BCUT2D eigenvalue weighted by Crippen LogP contribution is -2.23. The summed E-state index contributed by atoms with van der Waals surface area (Å²) < 4.78 is 28.7. The van der Waals surface area contributed by atoms with Gasteiger partial charge in [-0.1, -0.05) is 23.2 Å². The maximum Gasteiger partial charge on any atom is 0.242 e. The van der Waals surface area contributed by atoms with Gasteiger partial charge in [0.1, 0.15) is 4.90 Å². The largest absolute Gasteiger partial charge is 0.326 e. The summed E-state index contributed by atoms with van der Waals surface area (Å²) >= 11 is 12.0. The van der Waals surface area contributed by atoms with E-state index in [0.29, 0.717) is 5.56 Å². The number of nitrogens with two attached hydrogens (primary N) is 1. The van der Waals surface area contributed by atoms with Crippen LogP contribution in [0.25, 0.3) is 0 Å². The Balaban J connectivity index is 2.29. The number of aryl methyl sites for hydroxylation is 1. The second kappa shape index (κ2) is 6.33. The van der Waals surface area contributed by atoms with E-state index >= 15 is 0 Å². The highest BCUT2D eigenvalue weighted by molar-refractivity contribution is 7.89. The van der Waals surface area contributed by atoms with Crippen molar-refractivity contribution in [3.05, 3.63) is 45.7 Å². The van der Waals surface area contributed by atoms with Crippen LogP contribution in [0.15, 0.2) is 29.4 Å². The van der Waals surface area contributed by atoms with E-state index in [1.165, 1.54) is 6.07 Å². The number of benzene rings is 1. The Hall–Kier alpha value is -1.12. The molecule has 21 heavy (non-hydrogen) atoms. The van der Waals surface area contributed by atoms with E-state index in [2.05, 4.69) is 9.82 Å². The van der Waals surface area contributed by atoms with Crippen molar-refractivity contribution in [3.63, 3.8) is 0 Å². The van der Waals surface area contributed by atoms with Crippen molar-refractivity contribution in [2.45, 2.75) is 18.0 Å². The van der Waals surface area contributed by atoms with Gasteiger partial charge < -0.3 is 5.73 Å². The summed E-state index contributed by atoms with van der Waals surface area (Å²) in [5, 5.41) is 4.32. The Morgan fingerprint density at radius 1 is 1.38 bits per heavy atom. The molecule has 6 nitrogen and oxygen atoms in total. The molecule has 0 bridgehead atoms. The number of aromatic nitrogens is 2. The minimum Gasteiger partial charge on any atom is -0.326 e. The van der Waals surface area contributed by atoms with Crippen LogP contribution in [-0.4, -0.2) is 18.2 Å². The Bertz CT molecular complexity index is 759. The number of sulfonamides is 1. The van der Waals surface area contributed by atoms with Gasteiger partial charge in [-0.05, 0) is 17.7 Å². The molecular weight excluding hydrogens is 335 g/mol. The number of halogens is 2. The molecule has 9 heteroatoms. The van der Waals surface area contributed by atoms with E-state index in [1.54, 1.807) is 30.2 Å². The van der Waals surface area contributed by atoms with Gasteiger partial charge in [-0.15, -0.1) is 0 Å². The monoisotopic (exact) mass is 348 g/mol. The normalized spacial score (nSPS) is 11.8. The van der Waals surface area contributed by atoms with E-state index < -0.39 is 10.0 Å². The summed E-state index contributed by atoms with van der Waals surface area (Å²) in [4.78, 5) is -0.0824. The van der Waals surface area contributed by atoms with Gasteiger partial charge in [0.2, 0.25) is 10.0 Å². The topological polar surface area (TPSA) is 90.0 Å². The van der Waals surface area contributed by atoms with Gasteiger partial charge >= 0.3 is 0 Å². The van der Waals surface area contributed by atoms with Crippen LogP contribution >= 0.6 is 23.2 Å². The summed E-state index contributed by atoms with van der Waals surface area (Å²) in [5.74, 6) is 0. The van der Waals surface area contributed by atoms with Crippen LogP contribution in [0.3, 0.4) is 0 Å². The number of nitrogens with zero attached hydrogens (tertiary/aromatic N) is 2. The molecule has 2 rings (SSSR count). The number of rotatable bonds is 5. The number of hydrogen-bond donors (Lipinski definition) is 2. The second-order valence-corrected chi connectivity index (χ2v) is 6.98. The molecule has 0 aliphatic rings. The zero-order valence-electron chi connectivity index (χ0n) is 11.2. The summed E-state index contributed by atoms with van der Waals surface area (Å²) in [6.07, 6.45) is 3.29. The molecule has 1 heterocycles. The molecule has 3 N–H and O–H groups in total. The van der Waals surface area contributed by atoms with Gasteiger partial charge in [-0.25, -0.2) is 13.1 Å².